The molecule has 0 atom stereocenters. The number of hydrogen-bond acceptors (Lipinski definition) is 4. The van der Waals surface area contributed by atoms with Crippen molar-refractivity contribution >= 4 is 37.5 Å². The van der Waals surface area contributed by atoms with Gasteiger partial charge in [0.1, 0.15) is 10.7 Å². The monoisotopic (exact) mass is 355 g/mol. The molecule has 0 saturated carbocycles. The molecule has 0 aliphatic rings. The number of aromatic nitrogens is 1. The van der Waals surface area contributed by atoms with Crippen LogP contribution in [-0.2, 0) is 10.0 Å². The summed E-state index contributed by atoms with van der Waals surface area (Å²) in [5.74, 6) is 0.613. The largest absolute Gasteiger partial charge is 0.373 e. The highest BCUT2D eigenvalue weighted by molar-refractivity contribution is 9.10. The number of aryl methyl sites for hydroxylation is 1. The molecule has 0 unspecified atom stereocenters. The van der Waals surface area contributed by atoms with Crippen LogP contribution in [0, 0.1) is 6.92 Å². The van der Waals surface area contributed by atoms with Crippen LogP contribution in [0.1, 0.15) is 5.56 Å². The minimum Gasteiger partial charge on any atom is -0.373 e. The molecule has 0 radical (unpaired) electrons. The van der Waals surface area contributed by atoms with E-state index in [1.807, 2.05) is 13.0 Å². The molecule has 0 spiro atoms. The maximum absolute atomic E-state index is 12.2. The van der Waals surface area contributed by atoms with Gasteiger partial charge in [-0.25, -0.2) is 13.4 Å². The number of anilines is 2. The van der Waals surface area contributed by atoms with Crippen LogP contribution in [0.15, 0.2) is 45.9 Å². The van der Waals surface area contributed by atoms with Gasteiger partial charge in [-0.3, -0.25) is 4.72 Å². The molecule has 0 aliphatic carbocycles. The molecule has 2 N–H and O–H groups in total. The van der Waals surface area contributed by atoms with E-state index in [0.717, 1.165) is 10.0 Å². The number of hydrogen-bond donors (Lipinski definition) is 2. The first-order chi connectivity index (χ1) is 9.40. The van der Waals surface area contributed by atoms with Gasteiger partial charge in [-0.15, -0.1) is 0 Å². The second-order valence-electron chi connectivity index (χ2n) is 4.25. The third-order valence-corrected chi connectivity index (χ3v) is 4.42. The number of nitrogens with one attached hydrogen (secondary N) is 2. The van der Waals surface area contributed by atoms with Gasteiger partial charge in [0.05, 0.1) is 5.69 Å². The van der Waals surface area contributed by atoms with Crippen LogP contribution in [0.5, 0.6) is 0 Å². The Balaban J connectivity index is 2.30. The molecule has 2 aromatic rings. The first-order valence-corrected chi connectivity index (χ1v) is 8.12. The molecule has 0 aliphatic heterocycles. The Bertz CT molecular complexity index is 695. The van der Waals surface area contributed by atoms with Gasteiger partial charge in [-0.2, -0.15) is 0 Å². The van der Waals surface area contributed by atoms with Crippen molar-refractivity contribution < 1.29 is 8.42 Å². The summed E-state index contributed by atoms with van der Waals surface area (Å²) in [7, 11) is -1.91. The molecule has 0 amide bonds. The number of rotatable bonds is 4. The molecule has 1 heterocycles. The molecule has 20 heavy (non-hydrogen) atoms. The van der Waals surface area contributed by atoms with Crippen LogP contribution in [0.4, 0.5) is 11.5 Å². The Labute approximate surface area is 126 Å². The third-order valence-electron chi connectivity index (χ3n) is 2.60. The van der Waals surface area contributed by atoms with Crippen molar-refractivity contribution in [2.24, 2.45) is 0 Å². The highest BCUT2D eigenvalue weighted by Gasteiger charge is 2.15. The lowest BCUT2D eigenvalue weighted by molar-refractivity contribution is 0.601. The summed E-state index contributed by atoms with van der Waals surface area (Å²) in [6, 6.07) is 8.49. The van der Waals surface area contributed by atoms with Gasteiger partial charge in [0.25, 0.3) is 10.0 Å². The molecule has 1 aromatic carbocycles. The fourth-order valence-electron chi connectivity index (χ4n) is 1.70. The van der Waals surface area contributed by atoms with Gasteiger partial charge >= 0.3 is 0 Å². The van der Waals surface area contributed by atoms with E-state index in [2.05, 4.69) is 31.0 Å². The molecule has 5 nitrogen and oxygen atoms in total. The highest BCUT2D eigenvalue weighted by Crippen LogP contribution is 2.22. The summed E-state index contributed by atoms with van der Waals surface area (Å²) in [5.41, 5.74) is 1.47. The fourth-order valence-corrected chi connectivity index (χ4v) is 3.29. The molecule has 1 aromatic heterocycles. The van der Waals surface area contributed by atoms with Crippen LogP contribution in [0.25, 0.3) is 0 Å². The quantitative estimate of drug-likeness (QED) is 0.884. The maximum atomic E-state index is 12.2. The predicted molar refractivity (Wildman–Crippen MR) is 83.5 cm³/mol. The van der Waals surface area contributed by atoms with E-state index in [-0.39, 0.29) is 4.90 Å². The van der Waals surface area contributed by atoms with E-state index < -0.39 is 10.0 Å². The minimum atomic E-state index is -3.63. The zero-order valence-electron chi connectivity index (χ0n) is 11.0. The molecule has 2 rings (SSSR count). The molecular weight excluding hydrogens is 342 g/mol. The number of pyridine rings is 1. The Kier molecular flexibility index (Phi) is 4.29. The SMILES string of the molecule is CNc1ccc(S(=O)(=O)Nc2cc(C)cc(Br)c2)cn1. The lowest BCUT2D eigenvalue weighted by Crippen LogP contribution is -2.13. The van der Waals surface area contributed by atoms with Crippen LogP contribution < -0.4 is 10.0 Å². The van der Waals surface area contributed by atoms with Gasteiger partial charge in [-0.05, 0) is 42.8 Å². The maximum Gasteiger partial charge on any atom is 0.263 e. The number of halogens is 1. The van der Waals surface area contributed by atoms with Crippen molar-refractivity contribution in [3.8, 4) is 0 Å². The Morgan fingerprint density at radius 2 is 1.95 bits per heavy atom. The predicted octanol–water partition coefficient (Wildman–Crippen LogP) is 3.00. The zero-order valence-corrected chi connectivity index (χ0v) is 13.4. The summed E-state index contributed by atoms with van der Waals surface area (Å²) in [6.07, 6.45) is 1.32. The van der Waals surface area contributed by atoms with Crippen molar-refractivity contribution in [2.75, 3.05) is 17.1 Å². The topological polar surface area (TPSA) is 71.1 Å². The van der Waals surface area contributed by atoms with E-state index in [9.17, 15) is 8.42 Å². The van der Waals surface area contributed by atoms with E-state index >= 15 is 0 Å². The standard InChI is InChI=1S/C13H14BrN3O2S/c1-9-5-10(14)7-11(6-9)17-20(18,19)12-3-4-13(15-2)16-8-12/h3-8,17H,1-2H3,(H,15,16). The van der Waals surface area contributed by atoms with Crippen LogP contribution in [0.2, 0.25) is 0 Å². The van der Waals surface area contributed by atoms with Crippen LogP contribution in [-0.4, -0.2) is 20.4 Å². The van der Waals surface area contributed by atoms with Crippen molar-refractivity contribution in [3.05, 3.63) is 46.6 Å². The number of benzene rings is 1. The van der Waals surface area contributed by atoms with E-state index in [1.165, 1.54) is 12.3 Å². The highest BCUT2D eigenvalue weighted by atomic mass is 79.9. The van der Waals surface area contributed by atoms with Gasteiger partial charge in [0.15, 0.2) is 0 Å². The van der Waals surface area contributed by atoms with Crippen LogP contribution in [0.3, 0.4) is 0 Å². The molecule has 0 saturated heterocycles. The third kappa shape index (κ3) is 3.49. The van der Waals surface area contributed by atoms with Crippen molar-refractivity contribution in [2.45, 2.75) is 11.8 Å². The molecule has 0 bridgehead atoms. The number of nitrogens with zero attached hydrogens (tertiary/aromatic N) is 1. The normalized spacial score (nSPS) is 11.2. The Hall–Kier alpha value is -1.60. The summed E-state index contributed by atoms with van der Waals surface area (Å²) in [4.78, 5) is 4.12. The Morgan fingerprint density at radius 3 is 2.50 bits per heavy atom. The van der Waals surface area contributed by atoms with Crippen molar-refractivity contribution in [3.63, 3.8) is 0 Å². The summed E-state index contributed by atoms with van der Waals surface area (Å²) in [6.45, 7) is 1.89. The molecule has 106 valence electrons. The van der Waals surface area contributed by atoms with Gasteiger partial charge < -0.3 is 5.32 Å². The summed E-state index contributed by atoms with van der Waals surface area (Å²) in [5, 5.41) is 2.84. The van der Waals surface area contributed by atoms with E-state index in [4.69, 9.17) is 0 Å². The average molecular weight is 356 g/mol. The van der Waals surface area contributed by atoms with Crippen molar-refractivity contribution in [1.29, 1.82) is 0 Å². The average Bonchev–Trinajstić information content (AvgIpc) is 2.37. The second kappa shape index (κ2) is 5.80. The Morgan fingerprint density at radius 1 is 1.20 bits per heavy atom. The minimum absolute atomic E-state index is 0.120. The van der Waals surface area contributed by atoms with Gasteiger partial charge in [0.2, 0.25) is 0 Å². The van der Waals surface area contributed by atoms with E-state index in [0.29, 0.717) is 11.5 Å². The van der Waals surface area contributed by atoms with Crippen molar-refractivity contribution in [1.82, 2.24) is 4.98 Å². The van der Waals surface area contributed by atoms with E-state index in [1.54, 1.807) is 25.2 Å². The smallest absolute Gasteiger partial charge is 0.263 e. The van der Waals surface area contributed by atoms with Crippen LogP contribution >= 0.6 is 15.9 Å². The second-order valence-corrected chi connectivity index (χ2v) is 6.85. The lowest BCUT2D eigenvalue weighted by atomic mass is 10.2. The fraction of sp³-hybridized carbons (Fsp3) is 0.154. The molecular formula is C13H14BrN3O2S. The van der Waals surface area contributed by atoms with Gasteiger partial charge in [-0.1, -0.05) is 15.9 Å². The molecule has 0 fully saturated rings. The van der Waals surface area contributed by atoms with Gasteiger partial charge in [0, 0.05) is 17.7 Å². The molecule has 7 heteroatoms. The summed E-state index contributed by atoms with van der Waals surface area (Å²) >= 11 is 3.34. The first kappa shape index (κ1) is 14.8. The first-order valence-electron chi connectivity index (χ1n) is 5.84. The number of sulfonamides is 1. The summed E-state index contributed by atoms with van der Waals surface area (Å²) < 4.78 is 27.8. The zero-order chi connectivity index (χ0) is 14.8. The lowest BCUT2D eigenvalue weighted by Gasteiger charge is -2.09.